The number of nitrogens with one attached hydrogen (secondary N) is 1. The fraction of sp³-hybridized carbons (Fsp3) is 0.273. The molecule has 4 nitrogen and oxygen atoms in total. The minimum Gasteiger partial charge on any atom is -0.385 e. The number of amides is 2. The number of rotatable bonds is 1. The van der Waals surface area contributed by atoms with Gasteiger partial charge in [-0.15, -0.1) is 0 Å². The van der Waals surface area contributed by atoms with Crippen molar-refractivity contribution >= 4 is 11.9 Å². The summed E-state index contributed by atoms with van der Waals surface area (Å²) in [7, 11) is 0. The average Bonchev–Trinajstić information content (AvgIpc) is 2.45. The van der Waals surface area contributed by atoms with Gasteiger partial charge >= 0.3 is 6.03 Å². The molecular formula is C11H13N3O. The highest BCUT2D eigenvalue weighted by Gasteiger charge is 2.25. The van der Waals surface area contributed by atoms with Gasteiger partial charge in [0.2, 0.25) is 0 Å². The number of aryl methyl sites for hydroxylation is 2. The summed E-state index contributed by atoms with van der Waals surface area (Å²) >= 11 is 0. The molecule has 2 rings (SSSR count). The van der Waals surface area contributed by atoms with Crippen molar-refractivity contribution in [3.63, 3.8) is 0 Å². The van der Waals surface area contributed by atoms with Crippen LogP contribution in [0.4, 0.5) is 4.79 Å². The Morgan fingerprint density at radius 1 is 1.40 bits per heavy atom. The van der Waals surface area contributed by atoms with Crippen molar-refractivity contribution in [3.05, 3.63) is 34.9 Å². The van der Waals surface area contributed by atoms with E-state index < -0.39 is 0 Å². The van der Waals surface area contributed by atoms with Crippen LogP contribution >= 0.6 is 0 Å². The number of urea groups is 1. The number of nitrogens with zero attached hydrogens (tertiary/aromatic N) is 1. The third kappa shape index (κ3) is 1.70. The van der Waals surface area contributed by atoms with Gasteiger partial charge in [0.25, 0.3) is 0 Å². The van der Waals surface area contributed by atoms with Crippen LogP contribution in [0.25, 0.3) is 0 Å². The number of amidine groups is 1. The predicted molar refractivity (Wildman–Crippen MR) is 58.8 cm³/mol. The number of carbonyl (C=O) groups is 1. The van der Waals surface area contributed by atoms with Crippen LogP contribution in [-0.4, -0.2) is 11.9 Å². The van der Waals surface area contributed by atoms with Crippen LogP contribution in [0.15, 0.2) is 23.2 Å². The van der Waals surface area contributed by atoms with E-state index in [1.54, 1.807) is 0 Å². The second-order valence-corrected chi connectivity index (χ2v) is 3.78. The lowest BCUT2D eigenvalue weighted by Gasteiger charge is -2.14. The number of hydrogen-bond donors (Lipinski definition) is 2. The Bertz CT molecular complexity index is 451. The molecule has 0 aliphatic carbocycles. The van der Waals surface area contributed by atoms with Gasteiger partial charge in [-0.1, -0.05) is 23.8 Å². The Balaban J connectivity index is 2.39. The SMILES string of the molecule is Cc1ccc(C2NC(=O)N=C2N)c(C)c1. The van der Waals surface area contributed by atoms with Gasteiger partial charge in [-0.05, 0) is 25.0 Å². The molecule has 1 atom stereocenters. The summed E-state index contributed by atoms with van der Waals surface area (Å²) in [5, 5.41) is 2.71. The highest BCUT2D eigenvalue weighted by molar-refractivity contribution is 6.03. The number of nitrogens with two attached hydrogens (primary N) is 1. The zero-order valence-electron chi connectivity index (χ0n) is 8.74. The molecule has 1 unspecified atom stereocenters. The van der Waals surface area contributed by atoms with Gasteiger partial charge in [-0.25, -0.2) is 4.79 Å². The highest BCUT2D eigenvalue weighted by Crippen LogP contribution is 2.21. The summed E-state index contributed by atoms with van der Waals surface area (Å²) in [4.78, 5) is 14.7. The van der Waals surface area contributed by atoms with Gasteiger partial charge in [0.1, 0.15) is 11.9 Å². The molecule has 0 saturated heterocycles. The second-order valence-electron chi connectivity index (χ2n) is 3.78. The number of carbonyl (C=O) groups excluding carboxylic acids is 1. The Kier molecular flexibility index (Phi) is 2.19. The molecule has 15 heavy (non-hydrogen) atoms. The molecule has 0 spiro atoms. The molecule has 1 aromatic carbocycles. The molecule has 78 valence electrons. The van der Waals surface area contributed by atoms with Crippen molar-refractivity contribution in [1.82, 2.24) is 5.32 Å². The van der Waals surface area contributed by atoms with E-state index >= 15 is 0 Å². The molecule has 1 heterocycles. The minimum absolute atomic E-state index is 0.266. The van der Waals surface area contributed by atoms with Crippen molar-refractivity contribution in [2.45, 2.75) is 19.9 Å². The van der Waals surface area contributed by atoms with Crippen molar-refractivity contribution in [2.24, 2.45) is 10.7 Å². The molecule has 1 aromatic rings. The van der Waals surface area contributed by atoms with E-state index in [0.29, 0.717) is 5.84 Å². The van der Waals surface area contributed by atoms with E-state index in [-0.39, 0.29) is 12.1 Å². The van der Waals surface area contributed by atoms with Crippen LogP contribution in [0.1, 0.15) is 22.7 Å². The van der Waals surface area contributed by atoms with Crippen LogP contribution in [0.5, 0.6) is 0 Å². The molecule has 2 amide bonds. The Morgan fingerprint density at radius 2 is 2.13 bits per heavy atom. The maximum Gasteiger partial charge on any atom is 0.343 e. The number of benzene rings is 1. The van der Waals surface area contributed by atoms with E-state index in [2.05, 4.69) is 16.4 Å². The fourth-order valence-corrected chi connectivity index (χ4v) is 1.80. The zero-order valence-corrected chi connectivity index (χ0v) is 8.74. The lowest BCUT2D eigenvalue weighted by Crippen LogP contribution is -2.28. The fourth-order valence-electron chi connectivity index (χ4n) is 1.80. The van der Waals surface area contributed by atoms with Crippen molar-refractivity contribution in [3.8, 4) is 0 Å². The molecule has 0 saturated carbocycles. The summed E-state index contributed by atoms with van der Waals surface area (Å²) in [5.74, 6) is 0.340. The van der Waals surface area contributed by atoms with Gasteiger partial charge < -0.3 is 11.1 Å². The first kappa shape index (κ1) is 9.71. The smallest absolute Gasteiger partial charge is 0.343 e. The second kappa shape index (κ2) is 3.38. The quantitative estimate of drug-likeness (QED) is 0.725. The van der Waals surface area contributed by atoms with E-state index in [9.17, 15) is 4.79 Å². The highest BCUT2D eigenvalue weighted by atomic mass is 16.2. The molecule has 0 bridgehead atoms. The Labute approximate surface area is 88.2 Å². The van der Waals surface area contributed by atoms with Crippen molar-refractivity contribution in [2.75, 3.05) is 0 Å². The van der Waals surface area contributed by atoms with Crippen LogP contribution in [0.3, 0.4) is 0 Å². The molecule has 1 aliphatic heterocycles. The van der Waals surface area contributed by atoms with Crippen LogP contribution < -0.4 is 11.1 Å². The van der Waals surface area contributed by atoms with Crippen LogP contribution in [0, 0.1) is 13.8 Å². The summed E-state index contributed by atoms with van der Waals surface area (Å²) < 4.78 is 0. The van der Waals surface area contributed by atoms with Crippen LogP contribution in [0.2, 0.25) is 0 Å². The zero-order chi connectivity index (χ0) is 11.0. The van der Waals surface area contributed by atoms with Gasteiger partial charge in [-0.2, -0.15) is 4.99 Å². The Hall–Kier alpha value is -1.84. The molecule has 3 N–H and O–H groups in total. The van der Waals surface area contributed by atoms with Gasteiger partial charge in [-0.3, -0.25) is 0 Å². The number of aliphatic imine (C=N–C) groups is 1. The Morgan fingerprint density at radius 3 is 2.67 bits per heavy atom. The summed E-state index contributed by atoms with van der Waals surface area (Å²) in [6, 6.07) is 5.41. The molecule has 0 aromatic heterocycles. The van der Waals surface area contributed by atoms with E-state index in [1.165, 1.54) is 5.56 Å². The van der Waals surface area contributed by atoms with Crippen molar-refractivity contribution in [1.29, 1.82) is 0 Å². The van der Waals surface area contributed by atoms with Gasteiger partial charge in [0.05, 0.1) is 0 Å². The monoisotopic (exact) mass is 203 g/mol. The number of hydrogen-bond acceptors (Lipinski definition) is 2. The molecule has 0 radical (unpaired) electrons. The summed E-state index contributed by atoms with van der Waals surface area (Å²) in [6.45, 7) is 4.03. The predicted octanol–water partition coefficient (Wildman–Crippen LogP) is 1.42. The summed E-state index contributed by atoms with van der Waals surface area (Å²) in [6.07, 6.45) is 0. The third-order valence-corrected chi connectivity index (χ3v) is 2.53. The maximum absolute atomic E-state index is 11.0. The normalized spacial score (nSPS) is 20.0. The first-order chi connectivity index (χ1) is 7.08. The topological polar surface area (TPSA) is 67.5 Å². The van der Waals surface area contributed by atoms with Crippen molar-refractivity contribution < 1.29 is 4.79 Å². The molecule has 0 fully saturated rings. The largest absolute Gasteiger partial charge is 0.385 e. The third-order valence-electron chi connectivity index (χ3n) is 2.53. The molecule has 4 heteroatoms. The summed E-state index contributed by atoms with van der Waals surface area (Å²) in [5.41, 5.74) is 8.98. The van der Waals surface area contributed by atoms with E-state index in [0.717, 1.165) is 11.1 Å². The lowest BCUT2D eigenvalue weighted by molar-refractivity contribution is 0.250. The maximum atomic E-state index is 11.0. The van der Waals surface area contributed by atoms with E-state index in [1.807, 2.05) is 26.0 Å². The first-order valence-electron chi connectivity index (χ1n) is 4.79. The standard InChI is InChI=1S/C11H13N3O/c1-6-3-4-8(7(2)5-6)9-10(12)14-11(15)13-9/h3-5,9H,1-2H3,(H3,12,13,14,15). The molecular weight excluding hydrogens is 190 g/mol. The van der Waals surface area contributed by atoms with Crippen LogP contribution in [-0.2, 0) is 0 Å². The van der Waals surface area contributed by atoms with E-state index in [4.69, 9.17) is 5.73 Å². The average molecular weight is 203 g/mol. The van der Waals surface area contributed by atoms with Gasteiger partial charge in [0.15, 0.2) is 0 Å². The minimum atomic E-state index is -0.363. The first-order valence-corrected chi connectivity index (χ1v) is 4.79. The van der Waals surface area contributed by atoms with Gasteiger partial charge in [0, 0.05) is 0 Å². The lowest BCUT2D eigenvalue weighted by atomic mass is 9.99. The molecule has 1 aliphatic rings.